The van der Waals surface area contributed by atoms with Gasteiger partial charge >= 0.3 is 0 Å². The van der Waals surface area contributed by atoms with Gasteiger partial charge in [0, 0.05) is 17.7 Å². The van der Waals surface area contributed by atoms with Crippen LogP contribution in [0.4, 0.5) is 5.69 Å². The quantitative estimate of drug-likeness (QED) is 0.625. The second kappa shape index (κ2) is 7.52. The van der Waals surface area contributed by atoms with Crippen LogP contribution in [0.3, 0.4) is 0 Å². The Bertz CT molecular complexity index is 670. The topological polar surface area (TPSA) is 20.3 Å². The van der Waals surface area contributed by atoms with Gasteiger partial charge in [-0.25, -0.2) is 0 Å². The van der Waals surface area contributed by atoms with Gasteiger partial charge in [0.05, 0.1) is 5.69 Å². The molecule has 0 aliphatic rings. The third-order valence-corrected chi connectivity index (χ3v) is 3.27. The number of para-hydroxylation sites is 1. The van der Waals surface area contributed by atoms with E-state index in [0.29, 0.717) is 6.54 Å². The van der Waals surface area contributed by atoms with Gasteiger partial charge in [0.25, 0.3) is 0 Å². The molecule has 2 aromatic rings. The molecule has 21 heavy (non-hydrogen) atoms. The standard InChI is InChI=1S/C18H16ClNO/c1-2-20(18(21)14-19)17-11-7-6-10-16(17)13-12-15-8-4-3-5-9-15/h3-11H,2,14H2,1H3. The predicted octanol–water partition coefficient (Wildman–Crippen LogP) is 3.68. The van der Waals surface area contributed by atoms with E-state index in [1.54, 1.807) is 4.90 Å². The fourth-order valence-electron chi connectivity index (χ4n) is 2.03. The van der Waals surface area contributed by atoms with Crippen LogP contribution in [0.5, 0.6) is 0 Å². The number of nitrogens with zero attached hydrogens (tertiary/aromatic N) is 1. The minimum atomic E-state index is -0.117. The van der Waals surface area contributed by atoms with Crippen molar-refractivity contribution in [2.45, 2.75) is 6.92 Å². The zero-order valence-corrected chi connectivity index (χ0v) is 12.6. The van der Waals surface area contributed by atoms with Gasteiger partial charge < -0.3 is 4.90 Å². The zero-order valence-electron chi connectivity index (χ0n) is 11.8. The summed E-state index contributed by atoms with van der Waals surface area (Å²) in [5, 5.41) is 0. The Labute approximate surface area is 130 Å². The van der Waals surface area contributed by atoms with E-state index in [0.717, 1.165) is 16.8 Å². The molecule has 106 valence electrons. The van der Waals surface area contributed by atoms with Crippen LogP contribution in [0.25, 0.3) is 0 Å². The van der Waals surface area contributed by atoms with E-state index < -0.39 is 0 Å². The molecule has 0 N–H and O–H groups in total. The molecule has 0 radical (unpaired) electrons. The average Bonchev–Trinajstić information content (AvgIpc) is 2.55. The fraction of sp³-hybridized carbons (Fsp3) is 0.167. The molecule has 2 aromatic carbocycles. The molecular formula is C18H16ClNO. The van der Waals surface area contributed by atoms with E-state index in [4.69, 9.17) is 11.6 Å². The number of halogens is 1. The Morgan fingerprint density at radius 3 is 2.38 bits per heavy atom. The lowest BCUT2D eigenvalue weighted by atomic mass is 10.1. The van der Waals surface area contributed by atoms with E-state index in [2.05, 4.69) is 11.8 Å². The van der Waals surface area contributed by atoms with Gasteiger partial charge in [-0.3, -0.25) is 4.79 Å². The maximum Gasteiger partial charge on any atom is 0.241 e. The highest BCUT2D eigenvalue weighted by atomic mass is 35.5. The first-order chi connectivity index (χ1) is 10.3. The van der Waals surface area contributed by atoms with Crippen LogP contribution < -0.4 is 4.90 Å². The summed E-state index contributed by atoms with van der Waals surface area (Å²) < 4.78 is 0. The monoisotopic (exact) mass is 297 g/mol. The smallest absolute Gasteiger partial charge is 0.241 e. The van der Waals surface area contributed by atoms with Gasteiger partial charge in [-0.15, -0.1) is 11.6 Å². The highest BCUT2D eigenvalue weighted by Gasteiger charge is 2.14. The summed E-state index contributed by atoms with van der Waals surface area (Å²) in [6.07, 6.45) is 0. The summed E-state index contributed by atoms with van der Waals surface area (Å²) in [6, 6.07) is 17.4. The van der Waals surface area contributed by atoms with Crippen molar-refractivity contribution < 1.29 is 4.79 Å². The van der Waals surface area contributed by atoms with Crippen molar-refractivity contribution in [3.8, 4) is 11.8 Å². The Hall–Kier alpha value is -2.24. The number of anilines is 1. The molecule has 2 nitrogen and oxygen atoms in total. The predicted molar refractivity (Wildman–Crippen MR) is 87.6 cm³/mol. The van der Waals surface area contributed by atoms with Crippen molar-refractivity contribution in [2.75, 3.05) is 17.3 Å². The Morgan fingerprint density at radius 1 is 1.05 bits per heavy atom. The van der Waals surface area contributed by atoms with Crippen molar-refractivity contribution in [3.63, 3.8) is 0 Å². The Balaban J connectivity index is 2.38. The summed E-state index contributed by atoms with van der Waals surface area (Å²) in [6.45, 7) is 2.49. The van der Waals surface area contributed by atoms with E-state index in [1.807, 2.05) is 61.5 Å². The van der Waals surface area contributed by atoms with Gasteiger partial charge in [-0.2, -0.15) is 0 Å². The molecule has 0 fully saturated rings. The minimum Gasteiger partial charge on any atom is -0.310 e. The van der Waals surface area contributed by atoms with Gasteiger partial charge in [0.1, 0.15) is 5.88 Å². The lowest BCUT2D eigenvalue weighted by Crippen LogP contribution is -2.32. The second-order valence-electron chi connectivity index (χ2n) is 4.40. The first-order valence-corrected chi connectivity index (χ1v) is 7.32. The van der Waals surface area contributed by atoms with Crippen LogP contribution >= 0.6 is 11.6 Å². The summed E-state index contributed by atoms with van der Waals surface area (Å²) in [5.74, 6) is 6.10. The van der Waals surface area contributed by atoms with E-state index >= 15 is 0 Å². The molecule has 0 aliphatic heterocycles. The largest absolute Gasteiger partial charge is 0.310 e. The van der Waals surface area contributed by atoms with Crippen molar-refractivity contribution in [1.82, 2.24) is 0 Å². The molecule has 0 bridgehead atoms. The zero-order chi connectivity index (χ0) is 15.1. The summed E-state index contributed by atoms with van der Waals surface area (Å²) in [4.78, 5) is 13.6. The average molecular weight is 298 g/mol. The Morgan fingerprint density at radius 2 is 1.71 bits per heavy atom. The van der Waals surface area contributed by atoms with Crippen LogP contribution in [-0.4, -0.2) is 18.3 Å². The van der Waals surface area contributed by atoms with Crippen LogP contribution in [0, 0.1) is 11.8 Å². The molecule has 2 rings (SSSR count). The molecule has 0 unspecified atom stereocenters. The maximum absolute atomic E-state index is 11.9. The second-order valence-corrected chi connectivity index (χ2v) is 4.67. The lowest BCUT2D eigenvalue weighted by molar-refractivity contribution is -0.116. The molecule has 0 saturated carbocycles. The molecule has 0 heterocycles. The number of carbonyl (C=O) groups is 1. The van der Waals surface area contributed by atoms with E-state index in [9.17, 15) is 4.79 Å². The van der Waals surface area contributed by atoms with E-state index in [1.165, 1.54) is 0 Å². The van der Waals surface area contributed by atoms with Crippen molar-refractivity contribution in [2.24, 2.45) is 0 Å². The number of carbonyl (C=O) groups excluding carboxylic acids is 1. The molecular weight excluding hydrogens is 282 g/mol. The number of amides is 1. The number of hydrogen-bond donors (Lipinski definition) is 0. The molecule has 0 aromatic heterocycles. The number of rotatable bonds is 3. The Kier molecular flexibility index (Phi) is 5.43. The van der Waals surface area contributed by atoms with Crippen molar-refractivity contribution in [3.05, 3.63) is 65.7 Å². The van der Waals surface area contributed by atoms with Gasteiger partial charge in [0.15, 0.2) is 0 Å². The van der Waals surface area contributed by atoms with Gasteiger partial charge in [-0.1, -0.05) is 42.2 Å². The third-order valence-electron chi connectivity index (χ3n) is 3.04. The summed E-state index contributed by atoms with van der Waals surface area (Å²) in [7, 11) is 0. The highest BCUT2D eigenvalue weighted by Crippen LogP contribution is 2.20. The van der Waals surface area contributed by atoms with Crippen LogP contribution in [0.15, 0.2) is 54.6 Å². The first-order valence-electron chi connectivity index (χ1n) is 6.78. The number of hydrogen-bond acceptors (Lipinski definition) is 1. The highest BCUT2D eigenvalue weighted by molar-refractivity contribution is 6.29. The molecule has 0 atom stereocenters. The lowest BCUT2D eigenvalue weighted by Gasteiger charge is -2.21. The number of alkyl halides is 1. The van der Waals surface area contributed by atoms with Crippen molar-refractivity contribution >= 4 is 23.2 Å². The minimum absolute atomic E-state index is 0.0334. The SMILES string of the molecule is CCN(C(=O)CCl)c1ccccc1C#Cc1ccccc1. The third kappa shape index (κ3) is 3.87. The molecule has 0 spiro atoms. The van der Waals surface area contributed by atoms with Crippen LogP contribution in [0.1, 0.15) is 18.1 Å². The maximum atomic E-state index is 11.9. The molecule has 3 heteroatoms. The van der Waals surface area contributed by atoms with E-state index in [-0.39, 0.29) is 11.8 Å². The summed E-state index contributed by atoms with van der Waals surface area (Å²) >= 11 is 5.67. The normalized spacial score (nSPS) is 9.62. The van der Waals surface area contributed by atoms with Crippen LogP contribution in [0.2, 0.25) is 0 Å². The molecule has 1 amide bonds. The van der Waals surface area contributed by atoms with Crippen LogP contribution in [-0.2, 0) is 4.79 Å². The number of benzene rings is 2. The van der Waals surface area contributed by atoms with Gasteiger partial charge in [-0.05, 0) is 31.2 Å². The first kappa shape index (κ1) is 15.2. The van der Waals surface area contributed by atoms with Gasteiger partial charge in [0.2, 0.25) is 5.91 Å². The molecule has 0 saturated heterocycles. The summed E-state index contributed by atoms with van der Waals surface area (Å²) in [5.41, 5.74) is 2.56. The van der Waals surface area contributed by atoms with Crippen molar-refractivity contribution in [1.29, 1.82) is 0 Å². The molecule has 0 aliphatic carbocycles. The fourth-order valence-corrected chi connectivity index (χ4v) is 2.17.